The number of carbonyl (C=O) groups is 3. The normalized spacial score (nSPS) is 12.0. The summed E-state index contributed by atoms with van der Waals surface area (Å²) in [7, 11) is 0. The zero-order chi connectivity index (χ0) is 46.7. The minimum Gasteiger partial charge on any atom is -0.462 e. The Kier molecular flexibility index (Phi) is 51.1. The summed E-state index contributed by atoms with van der Waals surface area (Å²) < 4.78 is 16.9. The van der Waals surface area contributed by atoms with E-state index in [2.05, 4.69) is 27.7 Å². The Morgan fingerprint density at radius 2 is 0.516 bits per heavy atom. The number of unbranched alkanes of at least 4 members (excludes halogenated alkanes) is 40. The summed E-state index contributed by atoms with van der Waals surface area (Å²) in [6, 6.07) is 0. The molecule has 0 radical (unpaired) electrons. The third-order valence-electron chi connectivity index (χ3n) is 13.3. The van der Waals surface area contributed by atoms with Crippen LogP contribution in [0.4, 0.5) is 0 Å². The summed E-state index contributed by atoms with van der Waals surface area (Å²) in [5.41, 5.74) is 0. The minimum atomic E-state index is -0.762. The molecule has 0 fully saturated rings. The van der Waals surface area contributed by atoms with E-state index in [-0.39, 0.29) is 31.1 Å². The van der Waals surface area contributed by atoms with Gasteiger partial charge in [0.2, 0.25) is 0 Å². The first-order valence-electron chi connectivity index (χ1n) is 28.9. The molecule has 0 aliphatic carbocycles. The number of esters is 3. The van der Waals surface area contributed by atoms with Gasteiger partial charge in [-0.15, -0.1) is 0 Å². The van der Waals surface area contributed by atoms with Gasteiger partial charge in [-0.25, -0.2) is 0 Å². The van der Waals surface area contributed by atoms with Crippen molar-refractivity contribution in [1.82, 2.24) is 0 Å². The molecule has 380 valence electrons. The fourth-order valence-electron chi connectivity index (χ4n) is 8.92. The summed E-state index contributed by atoms with van der Waals surface area (Å²) in [4.78, 5) is 38.1. The second-order valence-electron chi connectivity index (χ2n) is 20.4. The molecule has 0 bridgehead atoms. The third kappa shape index (κ3) is 51.4. The van der Waals surface area contributed by atoms with Gasteiger partial charge in [-0.05, 0) is 25.2 Å². The van der Waals surface area contributed by atoms with Gasteiger partial charge in [-0.1, -0.05) is 291 Å². The number of carbonyl (C=O) groups excluding carboxylic acids is 3. The van der Waals surface area contributed by atoms with Crippen LogP contribution in [-0.2, 0) is 28.6 Å². The van der Waals surface area contributed by atoms with Crippen LogP contribution in [0.1, 0.15) is 329 Å². The van der Waals surface area contributed by atoms with Gasteiger partial charge in [0.25, 0.3) is 0 Å². The van der Waals surface area contributed by atoms with Crippen molar-refractivity contribution in [3.63, 3.8) is 0 Å². The van der Waals surface area contributed by atoms with Gasteiger partial charge in [0, 0.05) is 19.3 Å². The Labute approximate surface area is 399 Å². The molecule has 0 unspecified atom stereocenters. The van der Waals surface area contributed by atoms with E-state index in [4.69, 9.17) is 14.2 Å². The minimum absolute atomic E-state index is 0.0627. The molecule has 6 nitrogen and oxygen atoms in total. The molecule has 0 aromatic rings. The highest BCUT2D eigenvalue weighted by Gasteiger charge is 2.19. The predicted octanol–water partition coefficient (Wildman–Crippen LogP) is 19.0. The van der Waals surface area contributed by atoms with Crippen LogP contribution in [0.3, 0.4) is 0 Å². The molecule has 0 rings (SSSR count). The molecule has 0 saturated carbocycles. The first-order chi connectivity index (χ1) is 31.4. The van der Waals surface area contributed by atoms with Crippen molar-refractivity contribution < 1.29 is 28.6 Å². The molecule has 0 heterocycles. The summed E-state index contributed by atoms with van der Waals surface area (Å²) in [6.45, 7) is 9.01. The zero-order valence-corrected chi connectivity index (χ0v) is 43.8. The van der Waals surface area contributed by atoms with Gasteiger partial charge in [0.15, 0.2) is 6.10 Å². The van der Waals surface area contributed by atoms with E-state index in [0.717, 1.165) is 63.7 Å². The molecule has 0 saturated heterocycles. The van der Waals surface area contributed by atoms with Gasteiger partial charge in [-0.2, -0.15) is 0 Å². The smallest absolute Gasteiger partial charge is 0.306 e. The number of ether oxygens (including phenoxy) is 3. The molecule has 0 N–H and O–H groups in total. The van der Waals surface area contributed by atoms with E-state index >= 15 is 0 Å². The molecule has 64 heavy (non-hydrogen) atoms. The van der Waals surface area contributed by atoms with Crippen LogP contribution in [0.5, 0.6) is 0 Å². The Bertz CT molecular complexity index is 964. The number of rotatable bonds is 53. The highest BCUT2D eigenvalue weighted by Crippen LogP contribution is 2.18. The average Bonchev–Trinajstić information content (AvgIpc) is 3.28. The molecule has 0 amide bonds. The Morgan fingerprint density at radius 1 is 0.297 bits per heavy atom. The van der Waals surface area contributed by atoms with E-state index in [1.54, 1.807) is 0 Å². The van der Waals surface area contributed by atoms with Gasteiger partial charge < -0.3 is 14.2 Å². The monoisotopic (exact) mass is 905 g/mol. The third-order valence-corrected chi connectivity index (χ3v) is 13.3. The van der Waals surface area contributed by atoms with Gasteiger partial charge in [0.1, 0.15) is 13.2 Å². The maximum atomic E-state index is 12.8. The Balaban J connectivity index is 4.23. The first kappa shape index (κ1) is 62.4. The van der Waals surface area contributed by atoms with E-state index in [0.29, 0.717) is 19.3 Å². The zero-order valence-electron chi connectivity index (χ0n) is 43.8. The summed E-state index contributed by atoms with van der Waals surface area (Å²) in [5, 5.41) is 0. The van der Waals surface area contributed by atoms with Crippen LogP contribution < -0.4 is 0 Å². The summed E-state index contributed by atoms with van der Waals surface area (Å²) in [5.74, 6) is -0.0588. The van der Waals surface area contributed by atoms with Crippen LogP contribution in [0, 0.1) is 5.92 Å². The summed E-state index contributed by atoms with van der Waals surface area (Å²) in [6.07, 6.45) is 56.8. The number of hydrogen-bond acceptors (Lipinski definition) is 6. The second kappa shape index (κ2) is 52.4. The van der Waals surface area contributed by atoms with E-state index in [9.17, 15) is 14.4 Å². The highest BCUT2D eigenvalue weighted by molar-refractivity contribution is 5.71. The van der Waals surface area contributed by atoms with Crippen molar-refractivity contribution in [2.24, 2.45) is 5.92 Å². The quantitative estimate of drug-likeness (QED) is 0.0344. The van der Waals surface area contributed by atoms with Crippen LogP contribution in [0.2, 0.25) is 0 Å². The van der Waals surface area contributed by atoms with Crippen molar-refractivity contribution in [2.45, 2.75) is 336 Å². The lowest BCUT2D eigenvalue weighted by atomic mass is 10.0. The van der Waals surface area contributed by atoms with Crippen molar-refractivity contribution >= 4 is 17.9 Å². The average molecular weight is 906 g/mol. The number of hydrogen-bond donors (Lipinski definition) is 0. The molecule has 0 aliphatic heterocycles. The van der Waals surface area contributed by atoms with Crippen molar-refractivity contribution in [1.29, 1.82) is 0 Å². The lowest BCUT2D eigenvalue weighted by molar-refractivity contribution is -0.167. The molecule has 0 aromatic carbocycles. The van der Waals surface area contributed by atoms with Gasteiger partial charge >= 0.3 is 17.9 Å². The van der Waals surface area contributed by atoms with Crippen molar-refractivity contribution in [3.8, 4) is 0 Å². The second-order valence-corrected chi connectivity index (χ2v) is 20.4. The van der Waals surface area contributed by atoms with Crippen LogP contribution in [0.25, 0.3) is 0 Å². The molecule has 6 heteroatoms. The SMILES string of the molecule is CCCCCCCCCCCCCCCCCCCCCC(=O)O[C@@H](COC(=O)CCCCCCCCCCCCCCCCCCC)COC(=O)CCCCCCCCCC(C)C. The van der Waals surface area contributed by atoms with Gasteiger partial charge in [0.05, 0.1) is 0 Å². The Hall–Kier alpha value is -1.59. The van der Waals surface area contributed by atoms with E-state index in [1.165, 1.54) is 225 Å². The molecular formula is C58H112O6. The highest BCUT2D eigenvalue weighted by atomic mass is 16.6. The maximum absolute atomic E-state index is 12.8. The van der Waals surface area contributed by atoms with Crippen molar-refractivity contribution in [2.75, 3.05) is 13.2 Å². The molecule has 0 aromatic heterocycles. The Morgan fingerprint density at radius 3 is 0.766 bits per heavy atom. The van der Waals surface area contributed by atoms with Crippen LogP contribution >= 0.6 is 0 Å². The fourth-order valence-corrected chi connectivity index (χ4v) is 8.92. The molecule has 1 atom stereocenters. The molecular weight excluding hydrogens is 793 g/mol. The maximum Gasteiger partial charge on any atom is 0.306 e. The molecule has 0 aliphatic rings. The summed E-state index contributed by atoms with van der Waals surface area (Å²) >= 11 is 0. The van der Waals surface area contributed by atoms with Gasteiger partial charge in [-0.3, -0.25) is 14.4 Å². The van der Waals surface area contributed by atoms with Crippen molar-refractivity contribution in [3.05, 3.63) is 0 Å². The van der Waals surface area contributed by atoms with E-state index in [1.807, 2.05) is 0 Å². The standard InChI is InChI=1S/C58H112O6/c1-5-7-9-11-13-15-17-19-21-23-24-26-28-30-32-34-38-43-47-51-58(61)64-55(53-63-57(60)50-46-42-39-35-36-40-44-48-54(3)4)52-62-56(59)49-45-41-37-33-31-29-27-25-22-20-18-16-14-12-10-8-6-2/h54-55H,5-53H2,1-4H3/t55-/m0/s1. The largest absolute Gasteiger partial charge is 0.462 e. The predicted molar refractivity (Wildman–Crippen MR) is 275 cm³/mol. The first-order valence-corrected chi connectivity index (χ1v) is 28.9. The lowest BCUT2D eigenvalue weighted by Crippen LogP contribution is -2.30. The van der Waals surface area contributed by atoms with Crippen LogP contribution in [0.15, 0.2) is 0 Å². The van der Waals surface area contributed by atoms with E-state index < -0.39 is 6.10 Å². The lowest BCUT2D eigenvalue weighted by Gasteiger charge is -2.18. The fraction of sp³-hybridized carbons (Fsp3) is 0.948. The molecule has 0 spiro atoms. The van der Waals surface area contributed by atoms with Crippen LogP contribution in [-0.4, -0.2) is 37.2 Å². The topological polar surface area (TPSA) is 78.9 Å².